The molecule has 0 bridgehead atoms. The van der Waals surface area contributed by atoms with E-state index in [1.165, 1.54) is 5.56 Å². The minimum absolute atomic E-state index is 0.400. The Morgan fingerprint density at radius 2 is 2.32 bits per heavy atom. The molecular weight excluding hydrogens is 294 g/mol. The summed E-state index contributed by atoms with van der Waals surface area (Å²) in [7, 11) is 0. The number of aliphatic imine (C=N–C) groups is 1. The number of aromatic nitrogens is 2. The predicted octanol–water partition coefficient (Wildman–Crippen LogP) is 3.45. The number of hydrogen-bond acceptors (Lipinski definition) is 3. The van der Waals surface area contributed by atoms with Gasteiger partial charge in [0, 0.05) is 23.5 Å². The fourth-order valence-corrected chi connectivity index (χ4v) is 2.90. The zero-order valence-corrected chi connectivity index (χ0v) is 13.5. The molecule has 3 rings (SSSR count). The van der Waals surface area contributed by atoms with E-state index in [2.05, 4.69) is 41.3 Å². The van der Waals surface area contributed by atoms with Crippen LogP contribution >= 0.6 is 11.3 Å². The molecule has 22 heavy (non-hydrogen) atoms. The van der Waals surface area contributed by atoms with Gasteiger partial charge in [-0.25, -0.2) is 9.98 Å². The van der Waals surface area contributed by atoms with Crippen molar-refractivity contribution in [2.45, 2.75) is 26.3 Å². The van der Waals surface area contributed by atoms with Crippen LogP contribution in [-0.2, 0) is 6.54 Å². The number of imidazole rings is 1. The van der Waals surface area contributed by atoms with Crippen molar-refractivity contribution in [3.05, 3.63) is 53.3 Å². The third-order valence-corrected chi connectivity index (χ3v) is 4.15. The second kappa shape index (κ2) is 6.19. The quantitative estimate of drug-likeness (QED) is 0.572. The average Bonchev–Trinajstić information content (AvgIpc) is 3.06. The normalized spacial score (nSPS) is 12.2. The van der Waals surface area contributed by atoms with E-state index in [4.69, 9.17) is 5.73 Å². The molecule has 6 heteroatoms. The van der Waals surface area contributed by atoms with E-state index in [0.29, 0.717) is 18.4 Å². The summed E-state index contributed by atoms with van der Waals surface area (Å²) in [5, 5.41) is 5.14. The third kappa shape index (κ3) is 3.28. The maximum Gasteiger partial charge on any atom is 0.193 e. The van der Waals surface area contributed by atoms with Crippen molar-refractivity contribution < 1.29 is 0 Å². The van der Waals surface area contributed by atoms with E-state index in [1.807, 2.05) is 34.3 Å². The molecule has 3 N–H and O–H groups in total. The summed E-state index contributed by atoms with van der Waals surface area (Å²) in [5.41, 5.74) is 9.09. The lowest BCUT2D eigenvalue weighted by molar-refractivity contribution is 0.867. The van der Waals surface area contributed by atoms with Crippen LogP contribution in [-0.4, -0.2) is 15.3 Å². The summed E-state index contributed by atoms with van der Waals surface area (Å²) in [6.45, 7) is 4.80. The standard InChI is InChI=1S/C16H19N5S/c1-11(2)12-4-3-5-13(8-12)19-15(17)18-9-14-10-21-6-7-22-16(21)20-14/h3-8,10-11H,9H2,1-2H3,(H3,17,18,19). The third-order valence-electron chi connectivity index (χ3n) is 3.38. The van der Waals surface area contributed by atoms with Crippen LogP contribution < -0.4 is 11.1 Å². The Bertz CT molecular complexity index is 771. The van der Waals surface area contributed by atoms with Gasteiger partial charge in [-0.2, -0.15) is 0 Å². The molecule has 1 aromatic carbocycles. The Morgan fingerprint density at radius 1 is 1.45 bits per heavy atom. The molecule has 0 unspecified atom stereocenters. The topological polar surface area (TPSA) is 67.7 Å². The first-order valence-electron chi connectivity index (χ1n) is 7.20. The van der Waals surface area contributed by atoms with Crippen LogP contribution in [0.5, 0.6) is 0 Å². The largest absolute Gasteiger partial charge is 0.370 e. The SMILES string of the molecule is CC(C)c1cccc(NC(N)=NCc2cn3ccsc3n2)c1. The van der Waals surface area contributed by atoms with E-state index in [0.717, 1.165) is 16.3 Å². The van der Waals surface area contributed by atoms with Crippen molar-refractivity contribution in [1.29, 1.82) is 0 Å². The molecule has 0 fully saturated rings. The number of hydrogen-bond donors (Lipinski definition) is 2. The Hall–Kier alpha value is -2.34. The zero-order chi connectivity index (χ0) is 15.5. The van der Waals surface area contributed by atoms with Crippen LogP contribution in [0.3, 0.4) is 0 Å². The Kier molecular flexibility index (Phi) is 4.11. The van der Waals surface area contributed by atoms with E-state index in [-0.39, 0.29) is 0 Å². The van der Waals surface area contributed by atoms with Crippen molar-refractivity contribution in [3.8, 4) is 0 Å². The number of fused-ring (bicyclic) bond motifs is 1. The molecule has 0 aliphatic heterocycles. The highest BCUT2D eigenvalue weighted by Gasteiger charge is 2.03. The molecule has 0 atom stereocenters. The Balaban J connectivity index is 1.67. The van der Waals surface area contributed by atoms with Gasteiger partial charge in [0.05, 0.1) is 12.2 Å². The summed E-state index contributed by atoms with van der Waals surface area (Å²) in [6, 6.07) is 8.22. The second-order valence-electron chi connectivity index (χ2n) is 5.43. The van der Waals surface area contributed by atoms with Gasteiger partial charge in [0.2, 0.25) is 0 Å². The maximum atomic E-state index is 5.96. The van der Waals surface area contributed by atoms with Crippen LogP contribution in [0.1, 0.15) is 31.0 Å². The minimum atomic E-state index is 0.400. The van der Waals surface area contributed by atoms with E-state index < -0.39 is 0 Å². The summed E-state index contributed by atoms with van der Waals surface area (Å²) in [6.07, 6.45) is 3.96. The lowest BCUT2D eigenvalue weighted by Gasteiger charge is -2.09. The van der Waals surface area contributed by atoms with Crippen molar-refractivity contribution in [2.75, 3.05) is 5.32 Å². The first kappa shape index (κ1) is 14.6. The minimum Gasteiger partial charge on any atom is -0.370 e. The molecule has 2 aromatic heterocycles. The van der Waals surface area contributed by atoms with Crippen LogP contribution in [0.2, 0.25) is 0 Å². The van der Waals surface area contributed by atoms with Crippen LogP contribution in [0, 0.1) is 0 Å². The number of thiazole rings is 1. The molecule has 0 amide bonds. The number of nitrogens with two attached hydrogens (primary N) is 1. The summed E-state index contributed by atoms with van der Waals surface area (Å²) in [4.78, 5) is 9.80. The van der Waals surface area contributed by atoms with Crippen LogP contribution in [0.4, 0.5) is 5.69 Å². The summed E-state index contributed by atoms with van der Waals surface area (Å²) < 4.78 is 1.99. The number of benzene rings is 1. The second-order valence-corrected chi connectivity index (χ2v) is 6.30. The lowest BCUT2D eigenvalue weighted by Crippen LogP contribution is -2.22. The first-order chi connectivity index (χ1) is 10.6. The zero-order valence-electron chi connectivity index (χ0n) is 12.7. The molecule has 3 aromatic rings. The molecule has 0 aliphatic rings. The van der Waals surface area contributed by atoms with Crippen molar-refractivity contribution in [1.82, 2.24) is 9.38 Å². The number of nitrogens with one attached hydrogen (secondary N) is 1. The molecular formula is C16H19N5S. The van der Waals surface area contributed by atoms with Crippen LogP contribution in [0.25, 0.3) is 4.96 Å². The number of guanidine groups is 1. The number of rotatable bonds is 4. The molecule has 114 valence electrons. The van der Waals surface area contributed by atoms with Gasteiger partial charge in [-0.3, -0.25) is 4.40 Å². The Labute approximate surface area is 133 Å². The van der Waals surface area contributed by atoms with Gasteiger partial charge in [-0.1, -0.05) is 26.0 Å². The van der Waals surface area contributed by atoms with Gasteiger partial charge in [-0.05, 0) is 23.6 Å². The van der Waals surface area contributed by atoms with Crippen molar-refractivity contribution in [3.63, 3.8) is 0 Å². The van der Waals surface area contributed by atoms with E-state index >= 15 is 0 Å². The van der Waals surface area contributed by atoms with Gasteiger partial charge in [0.1, 0.15) is 0 Å². The lowest BCUT2D eigenvalue weighted by atomic mass is 10.0. The molecule has 0 aliphatic carbocycles. The fraction of sp³-hybridized carbons (Fsp3) is 0.250. The number of anilines is 1. The van der Waals surface area contributed by atoms with Gasteiger partial charge in [-0.15, -0.1) is 11.3 Å². The monoisotopic (exact) mass is 313 g/mol. The van der Waals surface area contributed by atoms with Crippen molar-refractivity contribution in [2.24, 2.45) is 10.7 Å². The Morgan fingerprint density at radius 3 is 3.09 bits per heavy atom. The smallest absolute Gasteiger partial charge is 0.193 e. The molecule has 0 spiro atoms. The first-order valence-corrected chi connectivity index (χ1v) is 8.08. The highest BCUT2D eigenvalue weighted by molar-refractivity contribution is 7.15. The van der Waals surface area contributed by atoms with Gasteiger partial charge >= 0.3 is 0 Å². The highest BCUT2D eigenvalue weighted by Crippen LogP contribution is 2.18. The van der Waals surface area contributed by atoms with Gasteiger partial charge in [0.15, 0.2) is 10.9 Å². The van der Waals surface area contributed by atoms with E-state index in [1.54, 1.807) is 11.3 Å². The fourth-order valence-electron chi connectivity index (χ4n) is 2.18. The van der Waals surface area contributed by atoms with E-state index in [9.17, 15) is 0 Å². The predicted molar refractivity (Wildman–Crippen MR) is 92.5 cm³/mol. The van der Waals surface area contributed by atoms with Crippen LogP contribution in [0.15, 0.2) is 47.0 Å². The highest BCUT2D eigenvalue weighted by atomic mass is 32.1. The number of nitrogens with zero attached hydrogens (tertiary/aromatic N) is 3. The molecule has 2 heterocycles. The maximum absolute atomic E-state index is 5.96. The van der Waals surface area contributed by atoms with Gasteiger partial charge < -0.3 is 11.1 Å². The molecule has 0 saturated carbocycles. The molecule has 5 nitrogen and oxygen atoms in total. The molecule has 0 radical (unpaired) electrons. The average molecular weight is 313 g/mol. The van der Waals surface area contributed by atoms with Gasteiger partial charge in [0.25, 0.3) is 0 Å². The summed E-state index contributed by atoms with van der Waals surface area (Å²) in [5.74, 6) is 0.885. The molecule has 0 saturated heterocycles. The van der Waals surface area contributed by atoms with Crippen molar-refractivity contribution >= 4 is 27.9 Å². The summed E-state index contributed by atoms with van der Waals surface area (Å²) >= 11 is 1.61.